The molecule has 0 atom stereocenters. The van der Waals surface area contributed by atoms with Gasteiger partial charge in [-0.1, -0.05) is 19.1 Å². The first kappa shape index (κ1) is 12.6. The molecule has 0 heterocycles. The van der Waals surface area contributed by atoms with Crippen LogP contribution in [0.15, 0.2) is 24.3 Å². The number of benzene rings is 1. The van der Waals surface area contributed by atoms with Gasteiger partial charge in [0.15, 0.2) is 6.61 Å². The third-order valence-corrected chi connectivity index (χ3v) is 2.87. The maximum Gasteiger partial charge on any atom is 0.338 e. The molecule has 1 saturated carbocycles. The first-order valence-corrected chi connectivity index (χ1v) is 6.24. The summed E-state index contributed by atoms with van der Waals surface area (Å²) in [5.74, 6) is -0.681. The van der Waals surface area contributed by atoms with E-state index in [2.05, 4.69) is 12.2 Å². The van der Waals surface area contributed by atoms with E-state index in [-0.39, 0.29) is 12.5 Å². The second kappa shape index (κ2) is 5.67. The molecule has 1 fully saturated rings. The summed E-state index contributed by atoms with van der Waals surface area (Å²) < 4.78 is 4.94. The van der Waals surface area contributed by atoms with Crippen LogP contribution in [-0.4, -0.2) is 24.5 Å². The van der Waals surface area contributed by atoms with Gasteiger partial charge in [0.25, 0.3) is 5.91 Å². The Morgan fingerprint density at radius 1 is 1.28 bits per heavy atom. The maximum atomic E-state index is 11.6. The van der Waals surface area contributed by atoms with Crippen molar-refractivity contribution < 1.29 is 14.3 Å². The molecule has 0 bridgehead atoms. The van der Waals surface area contributed by atoms with Gasteiger partial charge in [-0.2, -0.15) is 0 Å². The number of hydrogen-bond donors (Lipinski definition) is 1. The Morgan fingerprint density at radius 3 is 2.50 bits per heavy atom. The van der Waals surface area contributed by atoms with Crippen LogP contribution < -0.4 is 5.32 Å². The van der Waals surface area contributed by atoms with Gasteiger partial charge in [-0.25, -0.2) is 4.79 Å². The third-order valence-electron chi connectivity index (χ3n) is 2.87. The summed E-state index contributed by atoms with van der Waals surface area (Å²) in [6, 6.07) is 7.52. The molecule has 4 nitrogen and oxygen atoms in total. The molecule has 0 aliphatic heterocycles. The molecule has 1 aromatic rings. The quantitative estimate of drug-likeness (QED) is 0.805. The lowest BCUT2D eigenvalue weighted by molar-refractivity contribution is -0.124. The zero-order valence-corrected chi connectivity index (χ0v) is 10.4. The lowest BCUT2D eigenvalue weighted by Crippen LogP contribution is -2.30. The zero-order chi connectivity index (χ0) is 13.0. The minimum absolute atomic E-state index is 0.204. The molecule has 18 heavy (non-hydrogen) atoms. The van der Waals surface area contributed by atoms with E-state index in [0.717, 1.165) is 24.8 Å². The molecule has 0 aromatic heterocycles. The van der Waals surface area contributed by atoms with Gasteiger partial charge in [-0.05, 0) is 37.0 Å². The highest BCUT2D eigenvalue weighted by Gasteiger charge is 2.23. The SMILES string of the molecule is CCc1ccc(C(=O)OCC(=O)NC2CC2)cc1. The van der Waals surface area contributed by atoms with E-state index < -0.39 is 5.97 Å². The highest BCUT2D eigenvalue weighted by atomic mass is 16.5. The van der Waals surface area contributed by atoms with Crippen LogP contribution in [0.2, 0.25) is 0 Å². The minimum atomic E-state index is -0.455. The van der Waals surface area contributed by atoms with Gasteiger partial charge < -0.3 is 10.1 Å². The lowest BCUT2D eigenvalue weighted by Gasteiger charge is -2.06. The predicted molar refractivity (Wildman–Crippen MR) is 67.3 cm³/mol. The summed E-state index contributed by atoms with van der Waals surface area (Å²) in [6.45, 7) is 1.85. The van der Waals surface area contributed by atoms with Crippen molar-refractivity contribution in [1.82, 2.24) is 5.32 Å². The van der Waals surface area contributed by atoms with Gasteiger partial charge >= 0.3 is 5.97 Å². The van der Waals surface area contributed by atoms with E-state index >= 15 is 0 Å². The molecule has 1 aliphatic rings. The fourth-order valence-electron chi connectivity index (χ4n) is 1.59. The summed E-state index contributed by atoms with van der Waals surface area (Å²) in [7, 11) is 0. The van der Waals surface area contributed by atoms with Crippen LogP contribution in [-0.2, 0) is 16.0 Å². The van der Waals surface area contributed by atoms with E-state index in [0.29, 0.717) is 11.6 Å². The van der Waals surface area contributed by atoms with Gasteiger partial charge in [0.1, 0.15) is 0 Å². The Labute approximate surface area is 106 Å². The first-order valence-electron chi connectivity index (χ1n) is 6.24. The standard InChI is InChI=1S/C14H17NO3/c1-2-10-3-5-11(6-4-10)14(17)18-9-13(16)15-12-7-8-12/h3-6,12H,2,7-9H2,1H3,(H,15,16). The van der Waals surface area contributed by atoms with Crippen LogP contribution in [0.5, 0.6) is 0 Å². The molecule has 4 heteroatoms. The van der Waals surface area contributed by atoms with Crippen molar-refractivity contribution >= 4 is 11.9 Å². The van der Waals surface area contributed by atoms with Crippen molar-refractivity contribution in [1.29, 1.82) is 0 Å². The Kier molecular flexibility index (Phi) is 3.97. The van der Waals surface area contributed by atoms with Crippen LogP contribution in [0.25, 0.3) is 0 Å². The Bertz CT molecular complexity index is 435. The normalized spacial score (nSPS) is 14.1. The van der Waals surface area contributed by atoms with E-state index in [1.54, 1.807) is 12.1 Å². The van der Waals surface area contributed by atoms with Gasteiger partial charge in [0, 0.05) is 6.04 Å². The number of aryl methyl sites for hydroxylation is 1. The highest BCUT2D eigenvalue weighted by molar-refractivity contribution is 5.91. The van der Waals surface area contributed by atoms with Crippen LogP contribution in [0.3, 0.4) is 0 Å². The zero-order valence-electron chi connectivity index (χ0n) is 10.4. The van der Waals surface area contributed by atoms with Crippen molar-refractivity contribution in [3.05, 3.63) is 35.4 Å². The molecule has 1 N–H and O–H groups in total. The number of ether oxygens (including phenoxy) is 1. The first-order chi connectivity index (χ1) is 8.69. The average Bonchev–Trinajstić information content (AvgIpc) is 3.20. The third kappa shape index (κ3) is 3.58. The molecular formula is C14H17NO3. The number of nitrogens with one attached hydrogen (secondary N) is 1. The molecule has 1 amide bonds. The fraction of sp³-hybridized carbons (Fsp3) is 0.429. The monoisotopic (exact) mass is 247 g/mol. The van der Waals surface area contributed by atoms with E-state index in [4.69, 9.17) is 4.74 Å². The summed E-state index contributed by atoms with van der Waals surface area (Å²) in [5.41, 5.74) is 1.64. The van der Waals surface area contributed by atoms with E-state index in [1.165, 1.54) is 0 Å². The summed E-state index contributed by atoms with van der Waals surface area (Å²) >= 11 is 0. The van der Waals surface area contributed by atoms with Crippen molar-refractivity contribution in [2.75, 3.05) is 6.61 Å². The van der Waals surface area contributed by atoms with E-state index in [9.17, 15) is 9.59 Å². The Balaban J connectivity index is 1.80. The second-order valence-electron chi connectivity index (χ2n) is 4.47. The van der Waals surface area contributed by atoms with E-state index in [1.807, 2.05) is 12.1 Å². The van der Waals surface area contributed by atoms with Gasteiger partial charge in [0.05, 0.1) is 5.56 Å². The summed E-state index contributed by atoms with van der Waals surface area (Å²) in [6.07, 6.45) is 2.98. The predicted octanol–water partition coefficient (Wildman–Crippen LogP) is 1.68. The molecular weight excluding hydrogens is 230 g/mol. The molecule has 1 aromatic carbocycles. The number of esters is 1. The van der Waals surface area contributed by atoms with Crippen LogP contribution in [0.4, 0.5) is 0 Å². The number of hydrogen-bond acceptors (Lipinski definition) is 3. The summed E-state index contributed by atoms with van der Waals surface area (Å²) in [5, 5.41) is 2.76. The largest absolute Gasteiger partial charge is 0.452 e. The highest BCUT2D eigenvalue weighted by Crippen LogP contribution is 2.18. The van der Waals surface area contributed by atoms with Crippen molar-refractivity contribution in [2.24, 2.45) is 0 Å². The molecule has 2 rings (SSSR count). The molecule has 0 saturated heterocycles. The molecule has 1 aliphatic carbocycles. The smallest absolute Gasteiger partial charge is 0.338 e. The molecule has 0 spiro atoms. The molecule has 0 unspecified atom stereocenters. The summed E-state index contributed by atoms with van der Waals surface area (Å²) in [4.78, 5) is 23.0. The second-order valence-corrected chi connectivity index (χ2v) is 4.47. The van der Waals surface area contributed by atoms with Crippen LogP contribution >= 0.6 is 0 Å². The minimum Gasteiger partial charge on any atom is -0.452 e. The van der Waals surface area contributed by atoms with Crippen molar-refractivity contribution in [3.63, 3.8) is 0 Å². The fourth-order valence-corrected chi connectivity index (χ4v) is 1.59. The average molecular weight is 247 g/mol. The van der Waals surface area contributed by atoms with Gasteiger partial charge in [0.2, 0.25) is 0 Å². The van der Waals surface area contributed by atoms with Gasteiger partial charge in [-0.3, -0.25) is 4.79 Å². The van der Waals surface area contributed by atoms with Gasteiger partial charge in [-0.15, -0.1) is 0 Å². The lowest BCUT2D eigenvalue weighted by atomic mass is 10.1. The topological polar surface area (TPSA) is 55.4 Å². The number of carbonyl (C=O) groups is 2. The number of rotatable bonds is 5. The Morgan fingerprint density at radius 2 is 1.94 bits per heavy atom. The maximum absolute atomic E-state index is 11.6. The van der Waals surface area contributed by atoms with Crippen molar-refractivity contribution in [2.45, 2.75) is 32.2 Å². The number of carbonyl (C=O) groups excluding carboxylic acids is 2. The molecule has 0 radical (unpaired) electrons. The Hall–Kier alpha value is -1.84. The molecule has 96 valence electrons. The van der Waals surface area contributed by atoms with Crippen molar-refractivity contribution in [3.8, 4) is 0 Å². The van der Waals surface area contributed by atoms with Crippen LogP contribution in [0.1, 0.15) is 35.7 Å². The van der Waals surface area contributed by atoms with Crippen LogP contribution in [0, 0.1) is 0 Å². The number of amides is 1.